The fraction of sp³-hybridized carbons (Fsp3) is 0. The van der Waals surface area contributed by atoms with Crippen LogP contribution in [-0.2, 0) is 16.8 Å². The summed E-state index contributed by atoms with van der Waals surface area (Å²) in [5.74, 6) is 0. The average molecular weight is 153 g/mol. The summed E-state index contributed by atoms with van der Waals surface area (Å²) in [5, 5.41) is 0. The van der Waals surface area contributed by atoms with E-state index in [-0.39, 0.29) is 16.8 Å². The molecule has 0 heterocycles. The molecule has 35 valence electrons. The van der Waals surface area contributed by atoms with E-state index in [1.165, 1.54) is 0 Å². The Labute approximate surface area is 54.7 Å². The maximum Gasteiger partial charge on any atom is 2.00 e. The summed E-state index contributed by atoms with van der Waals surface area (Å²) in [6, 6.07) is 0. The van der Waals surface area contributed by atoms with Crippen molar-refractivity contribution in [1.82, 2.24) is 0 Å². The summed E-state index contributed by atoms with van der Waals surface area (Å²) in [5.41, 5.74) is 0. The third kappa shape index (κ3) is 36.8. The predicted molar refractivity (Wildman–Crippen MR) is 28.7 cm³/mol. The Kier molecular flexibility index (Phi) is 207. The molecule has 1 radical (unpaired) electrons. The van der Waals surface area contributed by atoms with E-state index in [9.17, 15) is 0 Å². The first-order valence-corrected chi connectivity index (χ1v) is 1.90. The summed E-state index contributed by atoms with van der Waals surface area (Å²) in [6.07, 6.45) is 5.89. The molecule has 0 bridgehead atoms. The molecular formula is C2H6CoS2. The molecule has 0 amide bonds. The summed E-state index contributed by atoms with van der Waals surface area (Å²) in [7, 11) is 0. The molecule has 0 fully saturated rings. The van der Waals surface area contributed by atoms with Gasteiger partial charge >= 0.3 is 16.8 Å². The van der Waals surface area contributed by atoms with Crippen molar-refractivity contribution in [3.63, 3.8) is 0 Å². The van der Waals surface area contributed by atoms with Gasteiger partial charge < -0.3 is 25.3 Å². The van der Waals surface area contributed by atoms with E-state index in [2.05, 4.69) is 37.8 Å². The maximum absolute atomic E-state index is 3.28. The van der Waals surface area contributed by atoms with Gasteiger partial charge in [-0.15, -0.1) is 0 Å². The molecule has 0 aromatic rings. The first kappa shape index (κ1) is 16.4. The molecule has 0 spiro atoms. The van der Waals surface area contributed by atoms with Crippen molar-refractivity contribution in [3.05, 3.63) is 12.5 Å². The summed E-state index contributed by atoms with van der Waals surface area (Å²) in [4.78, 5) is 0. The predicted octanol–water partition coefficient (Wildman–Crippen LogP) is 1.41. The summed E-state index contributed by atoms with van der Waals surface area (Å²) < 4.78 is 0. The second-order valence-electron chi connectivity index (χ2n) is 0. The van der Waals surface area contributed by atoms with Crippen molar-refractivity contribution < 1.29 is 16.8 Å². The van der Waals surface area contributed by atoms with Crippen LogP contribution in [0.5, 0.6) is 0 Å². The standard InChI is InChI=1S/2CH3S.Co/c2*1-2;/h2*2H,1H2;/q2*-1;+2. The summed E-state index contributed by atoms with van der Waals surface area (Å²) in [6.45, 7) is 0. The van der Waals surface area contributed by atoms with Crippen LogP contribution in [0.3, 0.4) is 0 Å². The minimum Gasteiger partial charge on any atom is -0.372 e. The van der Waals surface area contributed by atoms with Gasteiger partial charge in [-0.05, 0) is 0 Å². The minimum absolute atomic E-state index is 0. The van der Waals surface area contributed by atoms with E-state index in [1.807, 2.05) is 0 Å². The Morgan fingerprint density at radius 2 is 0.800 bits per heavy atom. The normalized spacial score (nSPS) is 2.40. The molecule has 0 aliphatic rings. The van der Waals surface area contributed by atoms with Gasteiger partial charge in [0.05, 0.1) is 0 Å². The molecule has 0 aromatic carbocycles. The van der Waals surface area contributed by atoms with Gasteiger partial charge in [0.25, 0.3) is 0 Å². The SMILES string of the molecule is [CH2-]S.[CH2-]S.[Co+2]. The fourth-order valence-electron chi connectivity index (χ4n) is 0. The van der Waals surface area contributed by atoms with Gasteiger partial charge in [0.15, 0.2) is 0 Å². The van der Waals surface area contributed by atoms with Crippen LogP contribution in [0.1, 0.15) is 0 Å². The largest absolute Gasteiger partial charge is 2.00 e. The third-order valence-electron chi connectivity index (χ3n) is 0. The average Bonchev–Trinajstić information content (AvgIpc) is 1.50. The van der Waals surface area contributed by atoms with Crippen molar-refractivity contribution in [2.75, 3.05) is 0 Å². The molecule has 0 unspecified atom stereocenters. The number of hydrogen-bond donors (Lipinski definition) is 2. The van der Waals surface area contributed by atoms with Crippen LogP contribution in [0.4, 0.5) is 0 Å². The van der Waals surface area contributed by atoms with Crippen LogP contribution in [0.25, 0.3) is 0 Å². The molecule has 0 nitrogen and oxygen atoms in total. The van der Waals surface area contributed by atoms with E-state index in [0.29, 0.717) is 0 Å². The molecule has 3 heteroatoms. The number of rotatable bonds is 0. The van der Waals surface area contributed by atoms with Gasteiger partial charge in [0.2, 0.25) is 0 Å². The van der Waals surface area contributed by atoms with Crippen LogP contribution in [0, 0.1) is 12.5 Å². The summed E-state index contributed by atoms with van der Waals surface area (Å²) >= 11 is 6.56. The second-order valence-corrected chi connectivity index (χ2v) is 0. The Hall–Kier alpha value is 1.21. The van der Waals surface area contributed by atoms with Gasteiger partial charge in [0.1, 0.15) is 0 Å². The van der Waals surface area contributed by atoms with E-state index in [1.54, 1.807) is 0 Å². The van der Waals surface area contributed by atoms with Crippen LogP contribution in [0.15, 0.2) is 0 Å². The molecule has 0 saturated carbocycles. The molecule has 0 aliphatic carbocycles. The Morgan fingerprint density at radius 1 is 0.800 bits per heavy atom. The van der Waals surface area contributed by atoms with Crippen LogP contribution >= 0.6 is 25.3 Å². The minimum atomic E-state index is 0. The zero-order valence-corrected chi connectivity index (χ0v) is 5.47. The van der Waals surface area contributed by atoms with Crippen LogP contribution in [0.2, 0.25) is 0 Å². The van der Waals surface area contributed by atoms with Gasteiger partial charge in [-0.2, -0.15) is 0 Å². The smallest absolute Gasteiger partial charge is 0.372 e. The first-order chi connectivity index (χ1) is 2.00. The Morgan fingerprint density at radius 3 is 0.800 bits per heavy atom. The van der Waals surface area contributed by atoms with Gasteiger partial charge in [-0.1, -0.05) is 0 Å². The molecule has 0 rings (SSSR count). The van der Waals surface area contributed by atoms with Crippen molar-refractivity contribution in [2.45, 2.75) is 0 Å². The topological polar surface area (TPSA) is 0 Å². The molecular weight excluding hydrogens is 147 g/mol. The molecule has 0 aliphatic heterocycles. The quantitative estimate of drug-likeness (QED) is 0.381. The van der Waals surface area contributed by atoms with E-state index in [0.717, 1.165) is 0 Å². The van der Waals surface area contributed by atoms with E-state index in [4.69, 9.17) is 0 Å². The van der Waals surface area contributed by atoms with Crippen LogP contribution < -0.4 is 0 Å². The molecule has 0 atom stereocenters. The maximum atomic E-state index is 3.28. The fourth-order valence-corrected chi connectivity index (χ4v) is 0. The Balaban J connectivity index is -0.0000000133. The number of thiol groups is 2. The molecule has 0 N–H and O–H groups in total. The Bertz CT molecular complexity index is 7.61. The monoisotopic (exact) mass is 153 g/mol. The number of hydrogen-bond acceptors (Lipinski definition) is 2. The zero-order valence-electron chi connectivity index (χ0n) is 2.64. The van der Waals surface area contributed by atoms with Gasteiger partial charge in [-0.3, -0.25) is 12.5 Å². The van der Waals surface area contributed by atoms with Crippen molar-refractivity contribution in [3.8, 4) is 0 Å². The molecule has 5 heavy (non-hydrogen) atoms. The van der Waals surface area contributed by atoms with Gasteiger partial charge in [0, 0.05) is 0 Å². The third-order valence-corrected chi connectivity index (χ3v) is 0. The van der Waals surface area contributed by atoms with E-state index >= 15 is 0 Å². The van der Waals surface area contributed by atoms with Crippen molar-refractivity contribution in [1.29, 1.82) is 0 Å². The van der Waals surface area contributed by atoms with Gasteiger partial charge in [-0.25, -0.2) is 0 Å². The molecule has 0 saturated heterocycles. The van der Waals surface area contributed by atoms with E-state index < -0.39 is 0 Å². The van der Waals surface area contributed by atoms with Crippen molar-refractivity contribution in [2.24, 2.45) is 0 Å². The second kappa shape index (κ2) is 63.3. The molecule has 0 aromatic heterocycles. The zero-order chi connectivity index (χ0) is 4.00. The van der Waals surface area contributed by atoms with Crippen LogP contribution in [-0.4, -0.2) is 0 Å². The first-order valence-electron chi connectivity index (χ1n) is 0.632. The van der Waals surface area contributed by atoms with Crippen molar-refractivity contribution >= 4 is 25.3 Å².